The Morgan fingerprint density at radius 2 is 1.97 bits per heavy atom. The fourth-order valence-electron chi connectivity index (χ4n) is 3.87. The molecule has 164 valence electrons. The van der Waals surface area contributed by atoms with Crippen LogP contribution < -0.4 is 15.4 Å². The zero-order valence-electron chi connectivity index (χ0n) is 18.0. The Kier molecular flexibility index (Phi) is 6.02. The Hall–Kier alpha value is -2.84. The van der Waals surface area contributed by atoms with Gasteiger partial charge in [-0.3, -0.25) is 4.72 Å². The standard InChI is InChI=1S/C23H29N5O2S/c1-17(2)13-15-27-21-16-18(26-31(29,30)19-8-4-3-5-9-19)11-12-20(21)25-23(27)28-14-7-6-10-22(28)24/h3-5,8-9,11-13,16,22,26H,6-7,10,14-15,24H2,1-2H3/t22-/m1/s1. The number of benzene rings is 2. The van der Waals surface area contributed by atoms with E-state index in [9.17, 15) is 8.42 Å². The third-order valence-electron chi connectivity index (χ3n) is 5.52. The van der Waals surface area contributed by atoms with E-state index in [1.165, 1.54) is 5.57 Å². The topological polar surface area (TPSA) is 93.2 Å². The summed E-state index contributed by atoms with van der Waals surface area (Å²) < 4.78 is 30.3. The molecule has 0 radical (unpaired) electrons. The van der Waals surface area contributed by atoms with Crippen LogP contribution in [0, 0.1) is 0 Å². The molecule has 0 amide bonds. The van der Waals surface area contributed by atoms with Crippen LogP contribution in [0.2, 0.25) is 0 Å². The van der Waals surface area contributed by atoms with Gasteiger partial charge in [-0.1, -0.05) is 29.8 Å². The lowest BCUT2D eigenvalue weighted by Gasteiger charge is -2.34. The van der Waals surface area contributed by atoms with Crippen molar-refractivity contribution in [3.63, 3.8) is 0 Å². The number of anilines is 2. The minimum absolute atomic E-state index is 0.0629. The van der Waals surface area contributed by atoms with Gasteiger partial charge in [0, 0.05) is 13.1 Å². The molecule has 0 unspecified atom stereocenters. The van der Waals surface area contributed by atoms with Gasteiger partial charge in [-0.15, -0.1) is 0 Å². The summed E-state index contributed by atoms with van der Waals surface area (Å²) in [5.41, 5.74) is 9.80. The summed E-state index contributed by atoms with van der Waals surface area (Å²) in [7, 11) is -3.67. The first kappa shape index (κ1) is 21.4. The fourth-order valence-corrected chi connectivity index (χ4v) is 4.94. The van der Waals surface area contributed by atoms with Crippen LogP contribution in [0.3, 0.4) is 0 Å². The molecule has 1 fully saturated rings. The Balaban J connectivity index is 1.75. The second-order valence-electron chi connectivity index (χ2n) is 8.18. The van der Waals surface area contributed by atoms with Gasteiger partial charge in [-0.05, 0) is 63.4 Å². The van der Waals surface area contributed by atoms with E-state index in [1.807, 2.05) is 12.1 Å². The molecule has 1 saturated heterocycles. The molecule has 0 aliphatic carbocycles. The molecule has 4 rings (SSSR count). The number of allylic oxidation sites excluding steroid dienone is 2. The van der Waals surface area contributed by atoms with Crippen LogP contribution in [0.15, 0.2) is 65.1 Å². The van der Waals surface area contributed by atoms with Crippen LogP contribution in [0.4, 0.5) is 11.6 Å². The molecular weight excluding hydrogens is 410 g/mol. The molecule has 7 nitrogen and oxygen atoms in total. The Bertz CT molecular complexity index is 1200. The first-order valence-electron chi connectivity index (χ1n) is 10.6. The molecule has 1 atom stereocenters. The summed E-state index contributed by atoms with van der Waals surface area (Å²) in [6.45, 7) is 5.63. The molecule has 2 aromatic carbocycles. The number of fused-ring (bicyclic) bond motifs is 1. The molecule has 8 heteroatoms. The number of aromatic nitrogens is 2. The van der Waals surface area contributed by atoms with Crippen LogP contribution in [-0.4, -0.2) is 30.7 Å². The second kappa shape index (κ2) is 8.72. The van der Waals surface area contributed by atoms with Crippen LogP contribution >= 0.6 is 0 Å². The minimum Gasteiger partial charge on any atom is -0.327 e. The van der Waals surface area contributed by atoms with Crippen molar-refractivity contribution in [2.24, 2.45) is 5.73 Å². The Morgan fingerprint density at radius 1 is 1.19 bits per heavy atom. The average Bonchev–Trinajstić information content (AvgIpc) is 3.10. The number of imidazole rings is 1. The van der Waals surface area contributed by atoms with Crippen molar-refractivity contribution >= 4 is 32.7 Å². The molecule has 0 spiro atoms. The van der Waals surface area contributed by atoms with Crippen molar-refractivity contribution in [3.8, 4) is 0 Å². The van der Waals surface area contributed by atoms with Crippen molar-refractivity contribution < 1.29 is 8.42 Å². The van der Waals surface area contributed by atoms with E-state index in [-0.39, 0.29) is 11.1 Å². The molecule has 3 aromatic rings. The number of sulfonamides is 1. The highest BCUT2D eigenvalue weighted by Gasteiger charge is 2.25. The molecule has 31 heavy (non-hydrogen) atoms. The van der Waals surface area contributed by atoms with Crippen molar-refractivity contribution in [3.05, 3.63) is 60.2 Å². The van der Waals surface area contributed by atoms with Gasteiger partial charge in [-0.2, -0.15) is 0 Å². The molecule has 1 aliphatic rings. The fraction of sp³-hybridized carbons (Fsp3) is 0.348. The van der Waals surface area contributed by atoms with Gasteiger partial charge in [-0.25, -0.2) is 13.4 Å². The van der Waals surface area contributed by atoms with Gasteiger partial charge < -0.3 is 15.2 Å². The minimum atomic E-state index is -3.67. The SMILES string of the molecule is CC(C)=CCn1c(N2CCCC[C@@H]2N)nc2ccc(NS(=O)(=O)c3ccccc3)cc21. The normalized spacial score (nSPS) is 17.0. The predicted molar refractivity (Wildman–Crippen MR) is 126 cm³/mol. The number of piperidine rings is 1. The molecule has 0 saturated carbocycles. The van der Waals surface area contributed by atoms with Crippen molar-refractivity contribution in [1.29, 1.82) is 0 Å². The second-order valence-corrected chi connectivity index (χ2v) is 9.86. The highest BCUT2D eigenvalue weighted by molar-refractivity contribution is 7.92. The summed E-state index contributed by atoms with van der Waals surface area (Å²) >= 11 is 0. The predicted octanol–water partition coefficient (Wildman–Crippen LogP) is 4.08. The maximum atomic E-state index is 12.8. The van der Waals surface area contributed by atoms with Crippen molar-refractivity contribution in [1.82, 2.24) is 9.55 Å². The lowest BCUT2D eigenvalue weighted by molar-refractivity contribution is 0.458. The van der Waals surface area contributed by atoms with Crippen LogP contribution in [-0.2, 0) is 16.6 Å². The third kappa shape index (κ3) is 4.60. The maximum Gasteiger partial charge on any atom is 0.261 e. The summed E-state index contributed by atoms with van der Waals surface area (Å²) in [5.74, 6) is 0.836. The Morgan fingerprint density at radius 3 is 2.68 bits per heavy atom. The number of nitrogens with one attached hydrogen (secondary N) is 1. The van der Waals surface area contributed by atoms with Gasteiger partial charge in [0.05, 0.1) is 27.8 Å². The molecule has 1 aromatic heterocycles. The lowest BCUT2D eigenvalue weighted by Crippen LogP contribution is -2.46. The smallest absolute Gasteiger partial charge is 0.261 e. The van der Waals surface area contributed by atoms with E-state index in [4.69, 9.17) is 10.7 Å². The molecule has 0 bridgehead atoms. The van der Waals surface area contributed by atoms with Gasteiger partial charge in [0.2, 0.25) is 5.95 Å². The van der Waals surface area contributed by atoms with Crippen LogP contribution in [0.5, 0.6) is 0 Å². The van der Waals surface area contributed by atoms with Crippen LogP contribution in [0.1, 0.15) is 33.1 Å². The van der Waals surface area contributed by atoms with E-state index < -0.39 is 10.0 Å². The molecule has 2 heterocycles. The average molecular weight is 440 g/mol. The van der Waals surface area contributed by atoms with Gasteiger partial charge in [0.15, 0.2) is 0 Å². The largest absolute Gasteiger partial charge is 0.327 e. The number of nitrogens with two attached hydrogens (primary N) is 1. The number of hydrogen-bond donors (Lipinski definition) is 2. The Labute approximate surface area is 183 Å². The van der Waals surface area contributed by atoms with E-state index in [0.29, 0.717) is 12.2 Å². The zero-order chi connectivity index (χ0) is 22.0. The van der Waals surface area contributed by atoms with Crippen LogP contribution in [0.25, 0.3) is 11.0 Å². The molecule has 3 N–H and O–H groups in total. The maximum absolute atomic E-state index is 12.8. The molecule has 1 aliphatic heterocycles. The quantitative estimate of drug-likeness (QED) is 0.565. The van der Waals surface area contributed by atoms with Gasteiger partial charge >= 0.3 is 0 Å². The lowest BCUT2D eigenvalue weighted by atomic mass is 10.1. The number of nitrogens with zero attached hydrogens (tertiary/aromatic N) is 3. The summed E-state index contributed by atoms with van der Waals surface area (Å²) in [6, 6.07) is 13.8. The summed E-state index contributed by atoms with van der Waals surface area (Å²) in [6.07, 6.45) is 5.22. The first-order chi connectivity index (χ1) is 14.8. The first-order valence-corrected chi connectivity index (χ1v) is 12.1. The van der Waals surface area contributed by atoms with Crippen molar-refractivity contribution in [2.45, 2.75) is 50.7 Å². The van der Waals surface area contributed by atoms with Gasteiger partial charge in [0.1, 0.15) is 0 Å². The monoisotopic (exact) mass is 439 g/mol. The highest BCUT2D eigenvalue weighted by Crippen LogP contribution is 2.29. The summed E-state index contributed by atoms with van der Waals surface area (Å²) in [5, 5.41) is 0. The van der Waals surface area contributed by atoms with E-state index in [2.05, 4.69) is 34.1 Å². The zero-order valence-corrected chi connectivity index (χ0v) is 18.8. The van der Waals surface area contributed by atoms with Gasteiger partial charge in [0.25, 0.3) is 10.0 Å². The van der Waals surface area contributed by atoms with E-state index in [1.54, 1.807) is 36.4 Å². The number of hydrogen-bond acceptors (Lipinski definition) is 5. The number of rotatable bonds is 6. The highest BCUT2D eigenvalue weighted by atomic mass is 32.2. The van der Waals surface area contributed by atoms with E-state index >= 15 is 0 Å². The molecular formula is C23H29N5O2S. The van der Waals surface area contributed by atoms with Crippen molar-refractivity contribution in [2.75, 3.05) is 16.2 Å². The third-order valence-corrected chi connectivity index (χ3v) is 6.92. The summed E-state index contributed by atoms with van der Waals surface area (Å²) in [4.78, 5) is 7.26. The van der Waals surface area contributed by atoms with E-state index in [0.717, 1.165) is 42.8 Å².